The summed E-state index contributed by atoms with van der Waals surface area (Å²) in [6.45, 7) is 2.08. The molecule has 2 aromatic rings. The quantitative estimate of drug-likeness (QED) is 0.680. The van der Waals surface area contributed by atoms with Gasteiger partial charge < -0.3 is 4.90 Å². The summed E-state index contributed by atoms with van der Waals surface area (Å²) in [5.41, 5.74) is 0.757. The number of hydrogen-bond donors (Lipinski definition) is 1. The normalized spacial score (nSPS) is 17.2. The summed E-state index contributed by atoms with van der Waals surface area (Å²) in [5.74, 6) is -0.924. The highest BCUT2D eigenvalue weighted by atomic mass is 19.1. The minimum absolute atomic E-state index is 0.184. The van der Waals surface area contributed by atoms with E-state index in [1.807, 2.05) is 6.07 Å². The highest BCUT2D eigenvalue weighted by molar-refractivity contribution is 5.96. The van der Waals surface area contributed by atoms with Crippen LogP contribution in [0.15, 0.2) is 24.4 Å². The molecule has 7 nitrogen and oxygen atoms in total. The lowest BCUT2D eigenvalue weighted by Gasteiger charge is -2.35. The average Bonchev–Trinajstić information content (AvgIpc) is 2.96. The SMILES string of the molecule is C[C@H]1c2c(F)cccc2CCN1C(=O)c1[nH]ncc1[N+](=O)[O-]. The molecular formula is C14H13FN4O3. The molecule has 0 radical (unpaired) electrons. The van der Waals surface area contributed by atoms with E-state index < -0.39 is 16.9 Å². The molecule has 3 rings (SSSR count). The van der Waals surface area contributed by atoms with Gasteiger partial charge in [0.15, 0.2) is 0 Å². The van der Waals surface area contributed by atoms with E-state index in [4.69, 9.17) is 0 Å². The van der Waals surface area contributed by atoms with Crippen LogP contribution in [0.5, 0.6) is 0 Å². The average molecular weight is 304 g/mol. The molecule has 1 aliphatic heterocycles. The fraction of sp³-hybridized carbons (Fsp3) is 0.286. The molecule has 8 heteroatoms. The number of carbonyl (C=O) groups is 1. The Hall–Kier alpha value is -2.77. The Kier molecular flexibility index (Phi) is 3.36. The smallest absolute Gasteiger partial charge is 0.319 e. The second kappa shape index (κ2) is 5.21. The van der Waals surface area contributed by atoms with Crippen molar-refractivity contribution in [1.29, 1.82) is 0 Å². The Balaban J connectivity index is 1.97. The molecule has 0 unspecified atom stereocenters. The number of aromatic nitrogens is 2. The van der Waals surface area contributed by atoms with Crippen molar-refractivity contribution in [1.82, 2.24) is 15.1 Å². The molecule has 0 saturated heterocycles. The van der Waals surface area contributed by atoms with Gasteiger partial charge in [-0.2, -0.15) is 5.10 Å². The molecule has 0 aliphatic carbocycles. The Morgan fingerprint density at radius 3 is 3.05 bits per heavy atom. The Labute approximate surface area is 124 Å². The zero-order valence-electron chi connectivity index (χ0n) is 11.7. The fourth-order valence-corrected chi connectivity index (χ4v) is 2.85. The van der Waals surface area contributed by atoms with E-state index in [1.54, 1.807) is 13.0 Å². The number of rotatable bonds is 2. The van der Waals surface area contributed by atoms with E-state index >= 15 is 0 Å². The van der Waals surface area contributed by atoms with Crippen molar-refractivity contribution in [2.45, 2.75) is 19.4 Å². The third-order valence-electron chi connectivity index (χ3n) is 3.94. The van der Waals surface area contributed by atoms with Crippen LogP contribution in [0.3, 0.4) is 0 Å². The van der Waals surface area contributed by atoms with Crippen molar-refractivity contribution in [3.63, 3.8) is 0 Å². The van der Waals surface area contributed by atoms with E-state index in [9.17, 15) is 19.3 Å². The predicted octanol–water partition coefficient (Wildman–Crippen LogP) is 2.22. The van der Waals surface area contributed by atoms with Crippen LogP contribution in [0.1, 0.15) is 34.6 Å². The molecule has 0 bridgehead atoms. The molecule has 0 fully saturated rings. The maximum absolute atomic E-state index is 14.0. The molecule has 22 heavy (non-hydrogen) atoms. The summed E-state index contributed by atoms with van der Waals surface area (Å²) in [4.78, 5) is 24.2. The van der Waals surface area contributed by atoms with Crippen LogP contribution in [0.2, 0.25) is 0 Å². The maximum Gasteiger partial charge on any atom is 0.319 e. The summed E-state index contributed by atoms with van der Waals surface area (Å²) >= 11 is 0. The summed E-state index contributed by atoms with van der Waals surface area (Å²) in [6, 6.07) is 4.32. The van der Waals surface area contributed by atoms with Gasteiger partial charge in [0.05, 0.1) is 11.0 Å². The van der Waals surface area contributed by atoms with Gasteiger partial charge in [-0.25, -0.2) is 4.39 Å². The second-order valence-corrected chi connectivity index (χ2v) is 5.12. The first kappa shape index (κ1) is 14.2. The maximum atomic E-state index is 14.0. The summed E-state index contributed by atoms with van der Waals surface area (Å²) in [5, 5.41) is 16.8. The summed E-state index contributed by atoms with van der Waals surface area (Å²) in [7, 11) is 0. The zero-order valence-corrected chi connectivity index (χ0v) is 11.7. The largest absolute Gasteiger partial charge is 0.330 e. The van der Waals surface area contributed by atoms with Crippen molar-refractivity contribution in [3.05, 3.63) is 57.1 Å². The first-order valence-corrected chi connectivity index (χ1v) is 6.76. The fourth-order valence-electron chi connectivity index (χ4n) is 2.85. The van der Waals surface area contributed by atoms with Crippen LogP contribution in [0.25, 0.3) is 0 Å². The predicted molar refractivity (Wildman–Crippen MR) is 74.8 cm³/mol. The molecule has 0 saturated carbocycles. The third-order valence-corrected chi connectivity index (χ3v) is 3.94. The van der Waals surface area contributed by atoms with Crippen LogP contribution in [-0.4, -0.2) is 32.5 Å². The number of nitrogens with zero attached hydrogens (tertiary/aromatic N) is 3. The van der Waals surface area contributed by atoms with Crippen LogP contribution >= 0.6 is 0 Å². The molecule has 1 aromatic heterocycles. The van der Waals surface area contributed by atoms with Crippen molar-refractivity contribution in [2.24, 2.45) is 0 Å². The van der Waals surface area contributed by atoms with E-state index in [0.717, 1.165) is 11.8 Å². The lowest BCUT2D eigenvalue weighted by molar-refractivity contribution is -0.385. The number of amides is 1. The van der Waals surface area contributed by atoms with Gasteiger partial charge in [0, 0.05) is 12.1 Å². The monoisotopic (exact) mass is 304 g/mol. The number of fused-ring (bicyclic) bond motifs is 1. The van der Waals surface area contributed by atoms with Gasteiger partial charge in [-0.3, -0.25) is 20.0 Å². The van der Waals surface area contributed by atoms with Crippen LogP contribution in [0, 0.1) is 15.9 Å². The number of nitrogens with one attached hydrogen (secondary N) is 1. The summed E-state index contributed by atoms with van der Waals surface area (Å²) < 4.78 is 14.0. The van der Waals surface area contributed by atoms with Crippen molar-refractivity contribution >= 4 is 11.6 Å². The number of halogens is 1. The molecule has 114 valence electrons. The number of hydrogen-bond acceptors (Lipinski definition) is 4. The number of H-pyrrole nitrogens is 1. The van der Waals surface area contributed by atoms with Crippen molar-refractivity contribution in [3.8, 4) is 0 Å². The minimum Gasteiger partial charge on any atom is -0.330 e. The van der Waals surface area contributed by atoms with E-state index in [1.165, 1.54) is 11.0 Å². The number of benzene rings is 1. The van der Waals surface area contributed by atoms with Gasteiger partial charge >= 0.3 is 5.69 Å². The van der Waals surface area contributed by atoms with Crippen molar-refractivity contribution < 1.29 is 14.1 Å². The van der Waals surface area contributed by atoms with Gasteiger partial charge in [-0.05, 0) is 25.0 Å². The summed E-state index contributed by atoms with van der Waals surface area (Å²) in [6.07, 6.45) is 1.50. The van der Waals surface area contributed by atoms with Gasteiger partial charge in [-0.1, -0.05) is 12.1 Å². The Morgan fingerprint density at radius 1 is 1.55 bits per heavy atom. The molecule has 1 amide bonds. The first-order valence-electron chi connectivity index (χ1n) is 6.76. The number of nitro groups is 1. The Morgan fingerprint density at radius 2 is 2.32 bits per heavy atom. The zero-order chi connectivity index (χ0) is 15.9. The first-order chi connectivity index (χ1) is 10.5. The molecule has 1 aliphatic rings. The van der Waals surface area contributed by atoms with Crippen molar-refractivity contribution in [2.75, 3.05) is 6.54 Å². The molecule has 1 aromatic carbocycles. The van der Waals surface area contributed by atoms with Gasteiger partial charge in [-0.15, -0.1) is 0 Å². The molecule has 2 heterocycles. The molecule has 1 N–H and O–H groups in total. The topological polar surface area (TPSA) is 92.1 Å². The lowest BCUT2D eigenvalue weighted by atomic mass is 9.93. The highest BCUT2D eigenvalue weighted by Gasteiger charge is 2.34. The van der Waals surface area contributed by atoms with E-state index in [-0.39, 0.29) is 17.2 Å². The van der Waals surface area contributed by atoms with E-state index in [2.05, 4.69) is 10.2 Å². The number of carbonyl (C=O) groups excluding carboxylic acids is 1. The van der Waals surface area contributed by atoms with E-state index in [0.29, 0.717) is 18.5 Å². The second-order valence-electron chi connectivity index (χ2n) is 5.12. The highest BCUT2D eigenvalue weighted by Crippen LogP contribution is 2.33. The van der Waals surface area contributed by atoms with Gasteiger partial charge in [0.25, 0.3) is 5.91 Å². The van der Waals surface area contributed by atoms with Gasteiger partial charge in [0.1, 0.15) is 12.0 Å². The lowest BCUT2D eigenvalue weighted by Crippen LogP contribution is -2.39. The van der Waals surface area contributed by atoms with Gasteiger partial charge in [0.2, 0.25) is 5.69 Å². The third kappa shape index (κ3) is 2.12. The number of aromatic amines is 1. The minimum atomic E-state index is -0.667. The Bertz CT molecular complexity index is 758. The van der Waals surface area contributed by atoms with Crippen LogP contribution in [0.4, 0.5) is 10.1 Å². The molecule has 0 spiro atoms. The molecular weight excluding hydrogens is 291 g/mol. The van der Waals surface area contributed by atoms with Crippen LogP contribution < -0.4 is 0 Å². The standard InChI is InChI=1S/C14H13FN4O3/c1-8-12-9(3-2-4-10(12)15)5-6-18(8)14(20)13-11(19(21)22)7-16-17-13/h2-4,7-8H,5-6H2,1H3,(H,16,17)/t8-/m0/s1. The molecule has 1 atom stereocenters. The van der Waals surface area contributed by atoms with Crippen LogP contribution in [-0.2, 0) is 6.42 Å².